The van der Waals surface area contributed by atoms with Crippen LogP contribution in [0.3, 0.4) is 0 Å². The van der Waals surface area contributed by atoms with Gasteiger partial charge in [-0.2, -0.15) is 11.8 Å². The van der Waals surface area contributed by atoms with Crippen LogP contribution >= 0.6 is 23.4 Å². The lowest BCUT2D eigenvalue weighted by atomic mass is 10.1. The molecule has 2 aliphatic heterocycles. The molecule has 0 aliphatic carbocycles. The van der Waals surface area contributed by atoms with E-state index in [-0.39, 0.29) is 0 Å². The summed E-state index contributed by atoms with van der Waals surface area (Å²) in [6.45, 7) is 2.17. The molecule has 20 heavy (non-hydrogen) atoms. The summed E-state index contributed by atoms with van der Waals surface area (Å²) in [5.41, 5.74) is 1.21. The first-order valence-corrected chi connectivity index (χ1v) is 8.75. The van der Waals surface area contributed by atoms with Crippen molar-refractivity contribution in [2.75, 3.05) is 31.3 Å². The van der Waals surface area contributed by atoms with Crippen LogP contribution in [0.1, 0.15) is 18.4 Å². The molecule has 3 rings (SSSR count). The van der Waals surface area contributed by atoms with Crippen LogP contribution < -0.4 is 14.8 Å². The maximum absolute atomic E-state index is 6.25. The van der Waals surface area contributed by atoms with Crippen molar-refractivity contribution in [3.05, 3.63) is 22.7 Å². The van der Waals surface area contributed by atoms with Crippen LogP contribution in [0.5, 0.6) is 11.5 Å². The number of nitrogens with one attached hydrogen (secondary N) is 1. The second-order valence-corrected chi connectivity index (χ2v) is 6.82. The van der Waals surface area contributed by atoms with Gasteiger partial charge in [-0.3, -0.25) is 0 Å². The molecule has 0 radical (unpaired) electrons. The van der Waals surface area contributed by atoms with E-state index in [1.807, 2.05) is 6.07 Å². The molecule has 1 N–H and O–H groups in total. The Morgan fingerprint density at radius 3 is 2.85 bits per heavy atom. The van der Waals surface area contributed by atoms with Crippen molar-refractivity contribution in [3.8, 4) is 11.5 Å². The number of ether oxygens (including phenoxy) is 2. The van der Waals surface area contributed by atoms with Crippen LogP contribution in [0.25, 0.3) is 0 Å². The van der Waals surface area contributed by atoms with E-state index in [1.54, 1.807) is 0 Å². The third-order valence-electron chi connectivity index (χ3n) is 3.72. The average molecular weight is 314 g/mol. The first kappa shape index (κ1) is 14.4. The van der Waals surface area contributed by atoms with Crippen LogP contribution in [0.2, 0.25) is 5.02 Å². The van der Waals surface area contributed by atoms with Crippen LogP contribution in [0, 0.1) is 0 Å². The summed E-state index contributed by atoms with van der Waals surface area (Å²) in [5, 5.41) is 4.30. The number of fused-ring (bicyclic) bond motifs is 1. The summed E-state index contributed by atoms with van der Waals surface area (Å²) < 4.78 is 11.1. The van der Waals surface area contributed by atoms with Crippen molar-refractivity contribution >= 4 is 23.4 Å². The van der Waals surface area contributed by atoms with Crippen molar-refractivity contribution in [2.45, 2.75) is 25.3 Å². The molecule has 2 aliphatic rings. The molecule has 0 saturated carbocycles. The van der Waals surface area contributed by atoms with E-state index in [0.29, 0.717) is 30.0 Å². The van der Waals surface area contributed by atoms with Gasteiger partial charge in [0.15, 0.2) is 11.5 Å². The fourth-order valence-corrected chi connectivity index (χ4v) is 4.03. The van der Waals surface area contributed by atoms with Crippen LogP contribution in [0.15, 0.2) is 12.1 Å². The Morgan fingerprint density at radius 1 is 1.20 bits per heavy atom. The maximum atomic E-state index is 6.25. The number of benzene rings is 1. The number of hydrogen-bond acceptors (Lipinski definition) is 4. The molecule has 0 aromatic heterocycles. The normalized spacial score (nSPS) is 19.1. The van der Waals surface area contributed by atoms with Gasteiger partial charge in [-0.25, -0.2) is 0 Å². The molecule has 1 fully saturated rings. The van der Waals surface area contributed by atoms with Gasteiger partial charge in [0.05, 0.1) is 5.02 Å². The van der Waals surface area contributed by atoms with E-state index < -0.39 is 0 Å². The highest BCUT2D eigenvalue weighted by molar-refractivity contribution is 7.99. The van der Waals surface area contributed by atoms with E-state index in [4.69, 9.17) is 21.1 Å². The molecule has 1 aromatic carbocycles. The average Bonchev–Trinajstić information content (AvgIpc) is 2.48. The number of halogens is 1. The van der Waals surface area contributed by atoms with Gasteiger partial charge in [-0.1, -0.05) is 11.6 Å². The minimum atomic E-state index is 0.577. The Kier molecular flexibility index (Phi) is 4.97. The standard InChI is InChI=1S/C15H20ClNO2S/c16-13-9-11(10-14-15(13)19-6-5-18-14)1-4-17-12-2-7-20-8-3-12/h9-10,12,17H,1-8H2. The number of rotatable bonds is 4. The topological polar surface area (TPSA) is 30.5 Å². The van der Waals surface area contributed by atoms with Gasteiger partial charge in [0.1, 0.15) is 13.2 Å². The van der Waals surface area contributed by atoms with Gasteiger partial charge in [0.2, 0.25) is 0 Å². The molecule has 0 amide bonds. The highest BCUT2D eigenvalue weighted by atomic mass is 35.5. The second kappa shape index (κ2) is 6.92. The largest absolute Gasteiger partial charge is 0.486 e. The van der Waals surface area contributed by atoms with Crippen LogP contribution in [-0.2, 0) is 6.42 Å². The van der Waals surface area contributed by atoms with E-state index >= 15 is 0 Å². The second-order valence-electron chi connectivity index (χ2n) is 5.19. The number of thioether (sulfide) groups is 1. The zero-order valence-electron chi connectivity index (χ0n) is 11.5. The molecule has 0 bridgehead atoms. The predicted molar refractivity (Wildman–Crippen MR) is 84.5 cm³/mol. The number of hydrogen-bond donors (Lipinski definition) is 1. The molecular formula is C15H20ClNO2S. The Labute approximate surface area is 129 Å². The van der Waals surface area contributed by atoms with Gasteiger partial charge in [-0.15, -0.1) is 0 Å². The smallest absolute Gasteiger partial charge is 0.179 e. The Morgan fingerprint density at radius 2 is 2.00 bits per heavy atom. The summed E-state index contributed by atoms with van der Waals surface area (Å²) in [6.07, 6.45) is 3.54. The van der Waals surface area contributed by atoms with Crippen molar-refractivity contribution in [2.24, 2.45) is 0 Å². The zero-order valence-corrected chi connectivity index (χ0v) is 13.1. The third kappa shape index (κ3) is 3.54. The Bertz CT molecular complexity index is 463. The van der Waals surface area contributed by atoms with Gasteiger partial charge in [0.25, 0.3) is 0 Å². The molecule has 1 aromatic rings. The van der Waals surface area contributed by atoms with Crippen molar-refractivity contribution in [1.82, 2.24) is 5.32 Å². The lowest BCUT2D eigenvalue weighted by molar-refractivity contribution is 0.171. The summed E-state index contributed by atoms with van der Waals surface area (Å²) in [4.78, 5) is 0. The minimum Gasteiger partial charge on any atom is -0.486 e. The fraction of sp³-hybridized carbons (Fsp3) is 0.600. The van der Waals surface area contributed by atoms with E-state index in [0.717, 1.165) is 18.7 Å². The Balaban J connectivity index is 1.56. The SMILES string of the molecule is Clc1cc(CCNC2CCSCC2)cc2c1OCCO2. The van der Waals surface area contributed by atoms with Crippen molar-refractivity contribution in [3.63, 3.8) is 0 Å². The fourth-order valence-electron chi connectivity index (χ4n) is 2.63. The lowest BCUT2D eigenvalue weighted by Gasteiger charge is -2.23. The van der Waals surface area contributed by atoms with E-state index in [2.05, 4.69) is 23.1 Å². The van der Waals surface area contributed by atoms with Gasteiger partial charge in [-0.05, 0) is 55.0 Å². The van der Waals surface area contributed by atoms with E-state index in [9.17, 15) is 0 Å². The van der Waals surface area contributed by atoms with Gasteiger partial charge in [0, 0.05) is 6.04 Å². The highest BCUT2D eigenvalue weighted by Gasteiger charge is 2.17. The molecule has 5 heteroatoms. The van der Waals surface area contributed by atoms with E-state index in [1.165, 1.54) is 29.9 Å². The molecule has 110 valence electrons. The summed E-state index contributed by atoms with van der Waals surface area (Å²) in [7, 11) is 0. The maximum Gasteiger partial charge on any atom is 0.179 e. The first-order chi connectivity index (χ1) is 9.83. The monoisotopic (exact) mass is 313 g/mol. The molecule has 3 nitrogen and oxygen atoms in total. The van der Waals surface area contributed by atoms with Crippen LogP contribution in [0.4, 0.5) is 0 Å². The Hall–Kier alpha value is -0.580. The molecule has 0 spiro atoms. The quantitative estimate of drug-likeness (QED) is 0.925. The summed E-state index contributed by atoms with van der Waals surface area (Å²) in [5.74, 6) is 4.05. The summed E-state index contributed by atoms with van der Waals surface area (Å²) >= 11 is 8.30. The molecule has 0 atom stereocenters. The molecular weight excluding hydrogens is 294 g/mol. The minimum absolute atomic E-state index is 0.577. The highest BCUT2D eigenvalue weighted by Crippen LogP contribution is 2.38. The van der Waals surface area contributed by atoms with Crippen LogP contribution in [-0.4, -0.2) is 37.3 Å². The van der Waals surface area contributed by atoms with Crippen molar-refractivity contribution < 1.29 is 9.47 Å². The molecule has 0 unspecified atom stereocenters. The van der Waals surface area contributed by atoms with Gasteiger partial charge >= 0.3 is 0 Å². The molecule has 1 saturated heterocycles. The first-order valence-electron chi connectivity index (χ1n) is 7.22. The van der Waals surface area contributed by atoms with Gasteiger partial charge < -0.3 is 14.8 Å². The third-order valence-corrected chi connectivity index (χ3v) is 5.05. The zero-order chi connectivity index (χ0) is 13.8. The lowest BCUT2D eigenvalue weighted by Crippen LogP contribution is -2.33. The van der Waals surface area contributed by atoms with Crippen molar-refractivity contribution in [1.29, 1.82) is 0 Å². The summed E-state index contributed by atoms with van der Waals surface area (Å²) in [6, 6.07) is 4.73. The molecule has 2 heterocycles. The predicted octanol–water partition coefficient (Wildman–Crippen LogP) is 3.14.